The van der Waals surface area contributed by atoms with E-state index in [-0.39, 0.29) is 24.0 Å². The van der Waals surface area contributed by atoms with E-state index in [0.717, 1.165) is 0 Å². The molecular weight excluding hydrogens is 340 g/mol. The van der Waals surface area contributed by atoms with Gasteiger partial charge in [-0.3, -0.25) is 14.9 Å². The highest BCUT2D eigenvalue weighted by molar-refractivity contribution is 9.10. The summed E-state index contributed by atoms with van der Waals surface area (Å²) >= 11 is 3.18. The fraction of sp³-hybridized carbons (Fsp3) is 0.538. The number of rotatable bonds is 4. The molecule has 0 unspecified atom stereocenters. The Bertz CT molecular complexity index is 564. The number of hydrogen-bond acceptors (Lipinski definition) is 5. The molecule has 1 aliphatic heterocycles. The summed E-state index contributed by atoms with van der Waals surface area (Å²) < 4.78 is 0.544. The van der Waals surface area contributed by atoms with Crippen LogP contribution in [0.3, 0.4) is 0 Å². The number of nitrogens with zero attached hydrogens (tertiary/aromatic N) is 4. The van der Waals surface area contributed by atoms with Crippen molar-refractivity contribution in [3.8, 4) is 0 Å². The van der Waals surface area contributed by atoms with Crippen molar-refractivity contribution in [3.63, 3.8) is 0 Å². The van der Waals surface area contributed by atoms with E-state index in [9.17, 15) is 14.9 Å². The molecule has 0 aromatic carbocycles. The fourth-order valence-electron chi connectivity index (χ4n) is 2.32. The molecule has 0 bridgehead atoms. The van der Waals surface area contributed by atoms with Gasteiger partial charge in [0.15, 0.2) is 0 Å². The number of halogens is 1. The van der Waals surface area contributed by atoms with Gasteiger partial charge in [-0.1, -0.05) is 13.8 Å². The predicted octanol–water partition coefficient (Wildman–Crippen LogP) is 2.06. The lowest BCUT2D eigenvalue weighted by Crippen LogP contribution is -2.51. The van der Waals surface area contributed by atoms with Gasteiger partial charge in [-0.05, 0) is 21.8 Å². The largest absolute Gasteiger partial charge is 0.340 e. The van der Waals surface area contributed by atoms with Gasteiger partial charge < -0.3 is 9.80 Å². The highest BCUT2D eigenvalue weighted by atomic mass is 79.9. The third kappa shape index (κ3) is 3.69. The molecule has 1 fully saturated rings. The molecular formula is C13H17BrN4O3. The number of hydrogen-bond donors (Lipinski definition) is 0. The summed E-state index contributed by atoms with van der Waals surface area (Å²) in [6, 6.07) is 1.41. The maximum atomic E-state index is 12.1. The molecule has 0 saturated carbocycles. The molecule has 1 aliphatic rings. The number of aromatic nitrogens is 1. The zero-order valence-electron chi connectivity index (χ0n) is 12.0. The summed E-state index contributed by atoms with van der Waals surface area (Å²) in [6.45, 7) is 6.06. The molecule has 2 heterocycles. The van der Waals surface area contributed by atoms with Gasteiger partial charge in [-0.2, -0.15) is 0 Å². The molecule has 7 nitrogen and oxygen atoms in total. The normalized spacial score (nSPS) is 15.7. The Morgan fingerprint density at radius 3 is 2.76 bits per heavy atom. The average molecular weight is 357 g/mol. The lowest BCUT2D eigenvalue weighted by atomic mass is 10.2. The number of piperazine rings is 1. The van der Waals surface area contributed by atoms with Gasteiger partial charge >= 0.3 is 5.69 Å². The second-order valence-corrected chi connectivity index (χ2v) is 6.32. The van der Waals surface area contributed by atoms with Gasteiger partial charge in [0.05, 0.1) is 11.5 Å². The molecule has 0 aliphatic carbocycles. The minimum atomic E-state index is -0.474. The van der Waals surface area contributed by atoms with Crippen molar-refractivity contribution in [1.82, 2.24) is 9.88 Å². The molecule has 1 amide bonds. The summed E-state index contributed by atoms with van der Waals surface area (Å²) in [5.41, 5.74) is -0.0884. The summed E-state index contributed by atoms with van der Waals surface area (Å²) in [5.74, 6) is 0.635. The first-order valence-corrected chi connectivity index (χ1v) is 7.50. The average Bonchev–Trinajstić information content (AvgIpc) is 2.40. The topological polar surface area (TPSA) is 79.6 Å². The van der Waals surface area contributed by atoms with Crippen LogP contribution in [-0.4, -0.2) is 46.9 Å². The van der Waals surface area contributed by atoms with E-state index < -0.39 is 4.92 Å². The number of pyridine rings is 1. The lowest BCUT2D eigenvalue weighted by molar-refractivity contribution is -0.384. The molecule has 1 aromatic rings. The Hall–Kier alpha value is -1.70. The fourth-order valence-corrected chi connectivity index (χ4v) is 2.64. The van der Waals surface area contributed by atoms with E-state index in [0.29, 0.717) is 30.0 Å². The first-order valence-electron chi connectivity index (χ1n) is 6.71. The number of nitro groups is 1. The van der Waals surface area contributed by atoms with E-state index in [4.69, 9.17) is 0 Å². The van der Waals surface area contributed by atoms with Crippen molar-refractivity contribution in [2.75, 3.05) is 31.1 Å². The Labute approximate surface area is 131 Å². The van der Waals surface area contributed by atoms with Crippen molar-refractivity contribution >= 4 is 33.3 Å². The van der Waals surface area contributed by atoms with E-state index in [1.54, 1.807) is 9.80 Å². The third-order valence-corrected chi connectivity index (χ3v) is 3.65. The zero-order valence-corrected chi connectivity index (χ0v) is 13.5. The van der Waals surface area contributed by atoms with E-state index in [1.165, 1.54) is 12.3 Å². The van der Waals surface area contributed by atoms with Gasteiger partial charge in [-0.15, -0.1) is 0 Å². The van der Waals surface area contributed by atoms with Gasteiger partial charge in [0.1, 0.15) is 0 Å². The summed E-state index contributed by atoms with van der Waals surface area (Å²) in [4.78, 5) is 30.4. The number of anilines is 1. The molecule has 21 heavy (non-hydrogen) atoms. The standard InChI is InChI=1S/C13H17BrN4O3/c1-9(2)7-16-3-4-17(8-12(16)19)13-11(18(20)21)5-10(14)6-15-13/h5-6,9H,3-4,7-8H2,1-2H3. The van der Waals surface area contributed by atoms with Crippen molar-refractivity contribution in [2.24, 2.45) is 5.92 Å². The first kappa shape index (κ1) is 15.7. The molecule has 114 valence electrons. The zero-order chi connectivity index (χ0) is 15.6. The lowest BCUT2D eigenvalue weighted by Gasteiger charge is -2.35. The molecule has 0 radical (unpaired) electrons. The smallest absolute Gasteiger partial charge is 0.312 e. The van der Waals surface area contributed by atoms with Gasteiger partial charge in [-0.25, -0.2) is 4.98 Å². The minimum Gasteiger partial charge on any atom is -0.340 e. The Morgan fingerprint density at radius 1 is 1.48 bits per heavy atom. The molecule has 0 atom stereocenters. The van der Waals surface area contributed by atoms with Crippen molar-refractivity contribution < 1.29 is 9.72 Å². The van der Waals surface area contributed by atoms with Crippen LogP contribution >= 0.6 is 15.9 Å². The van der Waals surface area contributed by atoms with Crippen LogP contribution in [0.2, 0.25) is 0 Å². The second-order valence-electron chi connectivity index (χ2n) is 5.41. The highest BCUT2D eigenvalue weighted by Gasteiger charge is 2.29. The van der Waals surface area contributed by atoms with Crippen molar-refractivity contribution in [1.29, 1.82) is 0 Å². The molecule has 1 aromatic heterocycles. The number of amides is 1. The summed E-state index contributed by atoms with van der Waals surface area (Å²) in [5, 5.41) is 11.1. The Kier molecular flexibility index (Phi) is 4.76. The number of carbonyl (C=O) groups is 1. The quantitative estimate of drug-likeness (QED) is 0.609. The molecule has 8 heteroatoms. The van der Waals surface area contributed by atoms with Crippen LogP contribution in [0.25, 0.3) is 0 Å². The summed E-state index contributed by atoms with van der Waals surface area (Å²) in [7, 11) is 0. The van der Waals surface area contributed by atoms with Crippen LogP contribution < -0.4 is 4.90 Å². The van der Waals surface area contributed by atoms with E-state index in [1.807, 2.05) is 0 Å². The molecule has 0 N–H and O–H groups in total. The third-order valence-electron chi connectivity index (χ3n) is 3.21. The van der Waals surface area contributed by atoms with Gasteiger partial charge in [0.25, 0.3) is 0 Å². The van der Waals surface area contributed by atoms with Crippen molar-refractivity contribution in [2.45, 2.75) is 13.8 Å². The van der Waals surface area contributed by atoms with Crippen LogP contribution in [0.5, 0.6) is 0 Å². The predicted molar refractivity (Wildman–Crippen MR) is 82.2 cm³/mol. The maximum Gasteiger partial charge on any atom is 0.312 e. The Balaban J connectivity index is 2.18. The van der Waals surface area contributed by atoms with Crippen LogP contribution in [0.15, 0.2) is 16.7 Å². The maximum absolute atomic E-state index is 12.1. The van der Waals surface area contributed by atoms with Gasteiger partial charge in [0.2, 0.25) is 11.7 Å². The Morgan fingerprint density at radius 2 is 2.19 bits per heavy atom. The van der Waals surface area contributed by atoms with Crippen molar-refractivity contribution in [3.05, 3.63) is 26.9 Å². The number of carbonyl (C=O) groups excluding carboxylic acids is 1. The van der Waals surface area contributed by atoms with Crippen LogP contribution in [0.4, 0.5) is 11.5 Å². The van der Waals surface area contributed by atoms with Gasteiger partial charge in [0, 0.05) is 36.4 Å². The highest BCUT2D eigenvalue weighted by Crippen LogP contribution is 2.29. The van der Waals surface area contributed by atoms with Crippen LogP contribution in [-0.2, 0) is 4.79 Å². The van der Waals surface area contributed by atoms with Crippen LogP contribution in [0.1, 0.15) is 13.8 Å². The summed E-state index contributed by atoms with van der Waals surface area (Å²) in [6.07, 6.45) is 1.51. The second kappa shape index (κ2) is 6.38. The SMILES string of the molecule is CC(C)CN1CCN(c2ncc(Br)cc2[N+](=O)[O-])CC1=O. The van der Waals surface area contributed by atoms with E-state index >= 15 is 0 Å². The monoisotopic (exact) mass is 356 g/mol. The molecule has 0 spiro atoms. The molecule has 2 rings (SSSR count). The molecule has 1 saturated heterocycles. The van der Waals surface area contributed by atoms with E-state index in [2.05, 4.69) is 34.8 Å². The van der Waals surface area contributed by atoms with Crippen LogP contribution in [0, 0.1) is 16.0 Å². The minimum absolute atomic E-state index is 0.0195. The first-order chi connectivity index (χ1) is 9.88.